The van der Waals surface area contributed by atoms with E-state index < -0.39 is 11.7 Å². The van der Waals surface area contributed by atoms with Crippen LogP contribution < -0.4 is 0 Å². The lowest BCUT2D eigenvalue weighted by Crippen LogP contribution is -2.66. The predicted octanol–water partition coefficient (Wildman–Crippen LogP) is 1.93. The Bertz CT molecular complexity index is 215. The van der Waals surface area contributed by atoms with E-state index in [0.717, 1.165) is 12.8 Å². The molecule has 2 aliphatic heterocycles. The molecule has 1 aliphatic carbocycles. The summed E-state index contributed by atoms with van der Waals surface area (Å²) in [5.74, 6) is 0.395. The van der Waals surface area contributed by atoms with Crippen molar-refractivity contribution in [2.75, 3.05) is 0 Å². The van der Waals surface area contributed by atoms with Gasteiger partial charge in [0, 0.05) is 0 Å². The van der Waals surface area contributed by atoms with Gasteiger partial charge in [0.2, 0.25) is 0 Å². The molecule has 3 heteroatoms. The largest absolute Gasteiger partial charge is 0.390 e. The number of alkyl halides is 1. The van der Waals surface area contributed by atoms with Gasteiger partial charge in [-0.25, -0.2) is 0 Å². The first-order chi connectivity index (χ1) is 5.86. The summed E-state index contributed by atoms with van der Waals surface area (Å²) in [6.45, 7) is 6.10. The van der Waals surface area contributed by atoms with Gasteiger partial charge in [0.15, 0.2) is 0 Å². The van der Waals surface area contributed by atoms with Crippen LogP contribution in [0.5, 0.6) is 0 Å². The van der Waals surface area contributed by atoms with E-state index in [1.54, 1.807) is 0 Å². The van der Waals surface area contributed by atoms with Gasteiger partial charge >= 0.3 is 0 Å². The maximum atomic E-state index is 9.85. The third-order valence-electron chi connectivity index (χ3n) is 3.75. The number of hydrogen-bond acceptors (Lipinski definition) is 2. The Morgan fingerprint density at radius 1 is 1.31 bits per heavy atom. The summed E-state index contributed by atoms with van der Waals surface area (Å²) < 4.78 is 5.90. The Balaban J connectivity index is 2.32. The lowest BCUT2D eigenvalue weighted by Gasteiger charge is -2.58. The van der Waals surface area contributed by atoms with Gasteiger partial charge in [-0.05, 0) is 39.5 Å². The Hall–Kier alpha value is 0.210. The number of hydrogen-bond donors (Lipinski definition) is 1. The van der Waals surface area contributed by atoms with Crippen LogP contribution in [0.4, 0.5) is 0 Å². The molecule has 13 heavy (non-hydrogen) atoms. The highest BCUT2D eigenvalue weighted by atomic mass is 35.5. The highest BCUT2D eigenvalue weighted by molar-refractivity contribution is 6.21. The van der Waals surface area contributed by atoms with Crippen molar-refractivity contribution in [3.63, 3.8) is 0 Å². The molecule has 0 aromatic heterocycles. The van der Waals surface area contributed by atoms with E-state index in [1.165, 1.54) is 0 Å². The molecule has 0 spiro atoms. The molecule has 76 valence electrons. The van der Waals surface area contributed by atoms with Crippen molar-refractivity contribution in [1.82, 2.24) is 0 Å². The number of aliphatic hydroxyl groups is 1. The zero-order chi connectivity index (χ0) is 9.85. The van der Waals surface area contributed by atoms with Gasteiger partial charge in [-0.15, -0.1) is 11.6 Å². The molecular weight excluding hydrogens is 188 g/mol. The highest BCUT2D eigenvalue weighted by Gasteiger charge is 2.58. The molecule has 1 N–H and O–H groups in total. The standard InChI is InChI=1S/C10H17ClO2/c1-9(2)6-4-7(11)10(3,13-9)8(12)5-6/h6-8,12H,4-5H2,1-3H3/t6-,7-,8+,10+/m1/s1. The minimum atomic E-state index is -0.542. The van der Waals surface area contributed by atoms with Gasteiger partial charge in [0.25, 0.3) is 0 Å². The van der Waals surface area contributed by atoms with Gasteiger partial charge in [-0.3, -0.25) is 0 Å². The van der Waals surface area contributed by atoms with E-state index in [1.807, 2.05) is 6.92 Å². The Labute approximate surface area is 84.2 Å². The van der Waals surface area contributed by atoms with Gasteiger partial charge in [0.1, 0.15) is 5.60 Å². The first kappa shape index (κ1) is 9.75. The van der Waals surface area contributed by atoms with E-state index in [-0.39, 0.29) is 11.0 Å². The number of aliphatic hydroxyl groups excluding tert-OH is 1. The molecule has 2 bridgehead atoms. The van der Waals surface area contributed by atoms with Gasteiger partial charge in [0.05, 0.1) is 17.1 Å². The Kier molecular flexibility index (Phi) is 1.96. The molecule has 1 saturated carbocycles. The third-order valence-corrected chi connectivity index (χ3v) is 4.36. The van der Waals surface area contributed by atoms with Crippen molar-refractivity contribution in [2.45, 2.75) is 56.3 Å². The molecule has 3 fully saturated rings. The molecule has 0 amide bonds. The average molecular weight is 205 g/mol. The van der Waals surface area contributed by atoms with Crippen molar-refractivity contribution in [3.05, 3.63) is 0 Å². The third kappa shape index (κ3) is 1.23. The van der Waals surface area contributed by atoms with Crippen LogP contribution in [0, 0.1) is 5.92 Å². The fourth-order valence-electron chi connectivity index (χ4n) is 2.64. The van der Waals surface area contributed by atoms with Crippen LogP contribution >= 0.6 is 11.6 Å². The van der Waals surface area contributed by atoms with Crippen LogP contribution in [0.2, 0.25) is 0 Å². The zero-order valence-corrected chi connectivity index (χ0v) is 9.14. The van der Waals surface area contributed by atoms with E-state index in [0.29, 0.717) is 5.92 Å². The number of rotatable bonds is 0. The Morgan fingerprint density at radius 2 is 1.92 bits per heavy atom. The maximum Gasteiger partial charge on any atom is 0.108 e. The van der Waals surface area contributed by atoms with Gasteiger partial charge < -0.3 is 9.84 Å². The molecule has 2 saturated heterocycles. The molecule has 0 aromatic rings. The van der Waals surface area contributed by atoms with Crippen LogP contribution in [-0.2, 0) is 4.74 Å². The van der Waals surface area contributed by atoms with Crippen LogP contribution in [0.25, 0.3) is 0 Å². The Morgan fingerprint density at radius 3 is 2.38 bits per heavy atom. The lowest BCUT2D eigenvalue weighted by molar-refractivity contribution is -0.270. The van der Waals surface area contributed by atoms with Crippen molar-refractivity contribution < 1.29 is 9.84 Å². The van der Waals surface area contributed by atoms with Crippen LogP contribution in [0.3, 0.4) is 0 Å². The molecule has 0 radical (unpaired) electrons. The van der Waals surface area contributed by atoms with Crippen LogP contribution in [0.15, 0.2) is 0 Å². The van der Waals surface area contributed by atoms with Crippen molar-refractivity contribution >= 4 is 11.6 Å². The number of fused-ring (bicyclic) bond motifs is 3. The first-order valence-electron chi connectivity index (χ1n) is 4.88. The normalized spacial score (nSPS) is 53.8. The molecule has 0 aromatic carbocycles. The lowest BCUT2D eigenvalue weighted by atomic mass is 9.67. The average Bonchev–Trinajstić information content (AvgIpc) is 1.96. The maximum absolute atomic E-state index is 9.85. The summed E-state index contributed by atoms with van der Waals surface area (Å²) in [7, 11) is 0. The topological polar surface area (TPSA) is 29.5 Å². The summed E-state index contributed by atoms with van der Waals surface area (Å²) in [5.41, 5.74) is -0.667. The molecule has 2 nitrogen and oxygen atoms in total. The fourth-order valence-corrected chi connectivity index (χ4v) is 3.05. The molecule has 3 rings (SSSR count). The summed E-state index contributed by atoms with van der Waals surface area (Å²) in [6.07, 6.45) is 1.39. The SMILES string of the molecule is CC1(C)O[C@@]2(C)[C@H](Cl)C[C@@H]1C[C@@H]2O. The molecule has 4 atom stereocenters. The van der Waals surface area contributed by atoms with Crippen molar-refractivity contribution in [1.29, 1.82) is 0 Å². The van der Waals surface area contributed by atoms with E-state index in [4.69, 9.17) is 16.3 Å². The zero-order valence-electron chi connectivity index (χ0n) is 8.38. The smallest absolute Gasteiger partial charge is 0.108 e. The predicted molar refractivity (Wildman–Crippen MR) is 51.9 cm³/mol. The molecule has 2 heterocycles. The first-order valence-corrected chi connectivity index (χ1v) is 5.32. The minimum absolute atomic E-state index is 0.0470. The van der Waals surface area contributed by atoms with Crippen molar-refractivity contribution in [3.8, 4) is 0 Å². The van der Waals surface area contributed by atoms with E-state index in [9.17, 15) is 5.11 Å². The molecule has 0 unspecified atom stereocenters. The molecular formula is C10H17ClO2. The summed E-state index contributed by atoms with van der Waals surface area (Å²) in [4.78, 5) is 0. The van der Waals surface area contributed by atoms with E-state index >= 15 is 0 Å². The monoisotopic (exact) mass is 204 g/mol. The highest BCUT2D eigenvalue weighted by Crippen LogP contribution is 2.51. The number of halogens is 1. The van der Waals surface area contributed by atoms with Gasteiger partial charge in [-0.2, -0.15) is 0 Å². The van der Waals surface area contributed by atoms with E-state index in [2.05, 4.69) is 13.8 Å². The van der Waals surface area contributed by atoms with Crippen LogP contribution in [-0.4, -0.2) is 27.8 Å². The molecule has 3 aliphatic rings. The van der Waals surface area contributed by atoms with Gasteiger partial charge in [-0.1, -0.05) is 0 Å². The second-order valence-corrected chi connectivity index (χ2v) is 5.57. The summed E-state index contributed by atoms with van der Waals surface area (Å²) in [5, 5.41) is 9.80. The fraction of sp³-hybridized carbons (Fsp3) is 1.00. The second kappa shape index (κ2) is 2.62. The number of ether oxygens (including phenoxy) is 1. The summed E-state index contributed by atoms with van der Waals surface area (Å²) >= 11 is 6.19. The van der Waals surface area contributed by atoms with Crippen LogP contribution in [0.1, 0.15) is 33.6 Å². The van der Waals surface area contributed by atoms with Crippen molar-refractivity contribution in [2.24, 2.45) is 5.92 Å². The quantitative estimate of drug-likeness (QED) is 0.611. The minimum Gasteiger partial charge on any atom is -0.390 e. The summed E-state index contributed by atoms with van der Waals surface area (Å²) in [6, 6.07) is 0. The second-order valence-electron chi connectivity index (χ2n) is 5.04.